The van der Waals surface area contributed by atoms with E-state index in [2.05, 4.69) is 15.5 Å². The van der Waals surface area contributed by atoms with E-state index >= 15 is 0 Å². The molecule has 4 rings (SSSR count). The number of amides is 1. The van der Waals surface area contributed by atoms with Crippen molar-refractivity contribution in [3.05, 3.63) is 47.0 Å². The van der Waals surface area contributed by atoms with Crippen LogP contribution in [0.3, 0.4) is 0 Å². The van der Waals surface area contributed by atoms with Crippen molar-refractivity contribution in [3.8, 4) is 17.2 Å². The summed E-state index contributed by atoms with van der Waals surface area (Å²) in [6.45, 7) is 10.4. The molecule has 0 unspecified atom stereocenters. The fraction of sp³-hybridized carbons (Fsp3) is 0.400. The SMILES string of the molecule is CCOc1cc(C(=O)Nc2nnc(S(=O)(=O)N3c4cc(C)ccc4C[C@@H]3C)s2)cc(OCC)c1OCC. The van der Waals surface area contributed by atoms with Gasteiger partial charge in [0, 0.05) is 11.6 Å². The van der Waals surface area contributed by atoms with Crippen LogP contribution in [-0.4, -0.2) is 50.4 Å². The zero-order chi connectivity index (χ0) is 26.7. The minimum atomic E-state index is -3.97. The summed E-state index contributed by atoms with van der Waals surface area (Å²) in [6, 6.07) is 8.62. The van der Waals surface area contributed by atoms with Crippen molar-refractivity contribution in [1.29, 1.82) is 0 Å². The van der Waals surface area contributed by atoms with E-state index in [-0.39, 0.29) is 21.1 Å². The van der Waals surface area contributed by atoms with Gasteiger partial charge in [-0.1, -0.05) is 23.5 Å². The Bertz CT molecular complexity index is 1380. The molecule has 0 spiro atoms. The lowest BCUT2D eigenvalue weighted by molar-refractivity contribution is 0.102. The summed E-state index contributed by atoms with van der Waals surface area (Å²) in [5.41, 5.74) is 2.82. The molecule has 0 radical (unpaired) electrons. The average Bonchev–Trinajstić information content (AvgIpc) is 3.45. The highest BCUT2D eigenvalue weighted by Gasteiger charge is 2.38. The summed E-state index contributed by atoms with van der Waals surface area (Å²) in [6.07, 6.45) is 0.610. The molecule has 0 bridgehead atoms. The smallest absolute Gasteiger partial charge is 0.293 e. The normalized spacial score (nSPS) is 14.8. The lowest BCUT2D eigenvalue weighted by Gasteiger charge is -2.22. The van der Waals surface area contributed by atoms with Gasteiger partial charge in [-0.05, 0) is 70.4 Å². The van der Waals surface area contributed by atoms with Crippen molar-refractivity contribution in [2.45, 2.75) is 51.4 Å². The third-order valence-electron chi connectivity index (χ3n) is 5.67. The first kappa shape index (κ1) is 26.7. The molecule has 2 aromatic carbocycles. The number of nitrogens with zero attached hydrogens (tertiary/aromatic N) is 3. The Hall–Kier alpha value is -3.38. The van der Waals surface area contributed by atoms with Gasteiger partial charge in [0.2, 0.25) is 10.9 Å². The Kier molecular flexibility index (Phi) is 7.88. The third kappa shape index (κ3) is 5.35. The molecule has 198 valence electrons. The second-order valence-electron chi connectivity index (χ2n) is 8.41. The molecule has 12 heteroatoms. The van der Waals surface area contributed by atoms with Crippen LogP contribution in [0.1, 0.15) is 49.2 Å². The van der Waals surface area contributed by atoms with Crippen molar-refractivity contribution in [1.82, 2.24) is 10.2 Å². The fourth-order valence-electron chi connectivity index (χ4n) is 4.19. The molecule has 1 atom stereocenters. The maximum absolute atomic E-state index is 13.5. The maximum atomic E-state index is 13.5. The summed E-state index contributed by atoms with van der Waals surface area (Å²) >= 11 is 0.800. The molecule has 1 aromatic heterocycles. The van der Waals surface area contributed by atoms with Crippen LogP contribution < -0.4 is 23.8 Å². The Morgan fingerprint density at radius 1 is 1.05 bits per heavy atom. The topological polar surface area (TPSA) is 120 Å². The van der Waals surface area contributed by atoms with Crippen molar-refractivity contribution < 1.29 is 27.4 Å². The van der Waals surface area contributed by atoms with Crippen LogP contribution in [0.25, 0.3) is 0 Å². The van der Waals surface area contributed by atoms with Crippen molar-refractivity contribution in [2.75, 3.05) is 29.4 Å². The summed E-state index contributed by atoms with van der Waals surface area (Å²) in [7, 11) is -3.97. The van der Waals surface area contributed by atoms with Gasteiger partial charge >= 0.3 is 0 Å². The molecule has 0 saturated carbocycles. The zero-order valence-electron chi connectivity index (χ0n) is 21.4. The molecule has 1 aliphatic heterocycles. The number of aromatic nitrogens is 2. The third-order valence-corrected chi connectivity index (χ3v) is 8.78. The lowest BCUT2D eigenvalue weighted by atomic mass is 10.1. The number of carbonyl (C=O) groups is 1. The molecule has 0 aliphatic carbocycles. The van der Waals surface area contributed by atoms with E-state index in [1.54, 1.807) is 12.1 Å². The molecule has 10 nitrogen and oxygen atoms in total. The van der Waals surface area contributed by atoms with E-state index in [1.165, 1.54) is 4.31 Å². The van der Waals surface area contributed by atoms with Crippen LogP contribution in [0.15, 0.2) is 34.7 Å². The van der Waals surface area contributed by atoms with Gasteiger partial charge in [-0.3, -0.25) is 14.4 Å². The summed E-state index contributed by atoms with van der Waals surface area (Å²) < 4.78 is 45.2. The number of rotatable bonds is 10. The van der Waals surface area contributed by atoms with Gasteiger partial charge in [0.1, 0.15) is 0 Å². The van der Waals surface area contributed by atoms with Gasteiger partial charge in [-0.2, -0.15) is 8.42 Å². The summed E-state index contributed by atoms with van der Waals surface area (Å²) in [5, 5.41) is 10.5. The lowest BCUT2D eigenvalue weighted by Crippen LogP contribution is -2.35. The van der Waals surface area contributed by atoms with Crippen molar-refractivity contribution in [2.24, 2.45) is 0 Å². The summed E-state index contributed by atoms with van der Waals surface area (Å²) in [5.74, 6) is 0.652. The maximum Gasteiger partial charge on any atom is 0.293 e. The number of hydrogen-bond acceptors (Lipinski definition) is 9. The molecular formula is C25H30N4O6S2. The van der Waals surface area contributed by atoms with Crippen LogP contribution in [0, 0.1) is 6.92 Å². The van der Waals surface area contributed by atoms with Crippen LogP contribution in [0.2, 0.25) is 0 Å². The molecule has 2 heterocycles. The van der Waals surface area contributed by atoms with Crippen LogP contribution in [-0.2, 0) is 16.4 Å². The van der Waals surface area contributed by atoms with Gasteiger partial charge in [0.05, 0.1) is 25.5 Å². The van der Waals surface area contributed by atoms with Crippen LogP contribution >= 0.6 is 11.3 Å². The van der Waals surface area contributed by atoms with E-state index < -0.39 is 15.9 Å². The first-order valence-corrected chi connectivity index (χ1v) is 14.3. The number of aryl methyl sites for hydroxylation is 1. The Balaban J connectivity index is 1.60. The quantitative estimate of drug-likeness (QED) is 0.371. The van der Waals surface area contributed by atoms with Crippen LogP contribution in [0.5, 0.6) is 17.2 Å². The molecule has 3 aromatic rings. The number of anilines is 2. The highest BCUT2D eigenvalue weighted by molar-refractivity contribution is 7.94. The molecule has 37 heavy (non-hydrogen) atoms. The number of benzene rings is 2. The van der Waals surface area contributed by atoms with E-state index in [9.17, 15) is 13.2 Å². The zero-order valence-corrected chi connectivity index (χ0v) is 23.0. The number of ether oxygens (including phenoxy) is 3. The van der Waals surface area contributed by atoms with Gasteiger partial charge in [0.25, 0.3) is 20.3 Å². The number of nitrogens with one attached hydrogen (secondary N) is 1. The van der Waals surface area contributed by atoms with E-state index in [0.717, 1.165) is 22.5 Å². The Morgan fingerprint density at radius 2 is 1.70 bits per heavy atom. The molecule has 1 aliphatic rings. The highest BCUT2D eigenvalue weighted by atomic mass is 32.2. The number of sulfonamides is 1. The minimum Gasteiger partial charge on any atom is -0.490 e. The second kappa shape index (κ2) is 10.9. The summed E-state index contributed by atoms with van der Waals surface area (Å²) in [4.78, 5) is 13.1. The van der Waals surface area contributed by atoms with E-state index in [0.29, 0.717) is 49.2 Å². The Morgan fingerprint density at radius 3 is 2.32 bits per heavy atom. The van der Waals surface area contributed by atoms with Gasteiger partial charge in [0.15, 0.2) is 11.5 Å². The molecule has 1 N–H and O–H groups in total. The standard InChI is InChI=1S/C25H30N4O6S2/c1-6-33-20-13-18(14-21(34-7-2)22(20)35-8-3)23(30)26-24-27-28-25(36-24)37(31,32)29-16(5)12-17-10-9-15(4)11-19(17)29/h9-11,13-14,16H,6-8,12H2,1-5H3,(H,26,27,30)/t16-/m0/s1. The average molecular weight is 547 g/mol. The van der Waals surface area contributed by atoms with E-state index in [1.807, 2.05) is 52.8 Å². The fourth-order valence-corrected chi connectivity index (χ4v) is 6.86. The number of fused-ring (bicyclic) bond motifs is 1. The largest absolute Gasteiger partial charge is 0.490 e. The monoisotopic (exact) mass is 546 g/mol. The molecule has 1 amide bonds. The predicted molar refractivity (Wildman–Crippen MR) is 142 cm³/mol. The van der Waals surface area contributed by atoms with Crippen LogP contribution in [0.4, 0.5) is 10.8 Å². The molecular weight excluding hydrogens is 516 g/mol. The number of hydrogen-bond donors (Lipinski definition) is 1. The van der Waals surface area contributed by atoms with Gasteiger partial charge in [-0.15, -0.1) is 10.2 Å². The highest BCUT2D eigenvalue weighted by Crippen LogP contribution is 2.40. The van der Waals surface area contributed by atoms with Crippen molar-refractivity contribution in [3.63, 3.8) is 0 Å². The molecule has 0 fully saturated rings. The molecule has 0 saturated heterocycles. The predicted octanol–water partition coefficient (Wildman–Crippen LogP) is 4.43. The first-order chi connectivity index (χ1) is 17.7. The second-order valence-corrected chi connectivity index (χ2v) is 11.4. The minimum absolute atomic E-state index is 0.0599. The first-order valence-electron chi connectivity index (χ1n) is 12.0. The van der Waals surface area contributed by atoms with Crippen molar-refractivity contribution >= 4 is 38.1 Å². The van der Waals surface area contributed by atoms with Gasteiger partial charge < -0.3 is 14.2 Å². The Labute approximate surface area is 220 Å². The number of carbonyl (C=O) groups excluding carboxylic acids is 1. The van der Waals surface area contributed by atoms with E-state index in [4.69, 9.17) is 14.2 Å². The van der Waals surface area contributed by atoms with Gasteiger partial charge in [-0.25, -0.2) is 0 Å².